The van der Waals surface area contributed by atoms with Crippen molar-refractivity contribution >= 4 is 21.1 Å². The van der Waals surface area contributed by atoms with Crippen molar-refractivity contribution in [1.82, 2.24) is 24.4 Å². The van der Waals surface area contributed by atoms with Gasteiger partial charge in [0.05, 0.1) is 22.3 Å². The average molecular weight is 411 g/mol. The molecule has 29 heavy (non-hydrogen) atoms. The molecule has 0 spiro atoms. The number of imidazole rings is 1. The Balaban J connectivity index is 1.64. The number of rotatable bonds is 6. The average Bonchev–Trinajstić information content (AvgIpc) is 3.34. The molecule has 0 fully saturated rings. The zero-order chi connectivity index (χ0) is 20.6. The van der Waals surface area contributed by atoms with Crippen LogP contribution in [0.25, 0.3) is 22.4 Å². The molecule has 0 bridgehead atoms. The first kappa shape index (κ1) is 19.3. The lowest BCUT2D eigenvalue weighted by molar-refractivity contribution is 0.311. The molecule has 8 nitrogen and oxygen atoms in total. The second kappa shape index (κ2) is 7.41. The highest BCUT2D eigenvalue weighted by atomic mass is 32.2. The van der Waals surface area contributed by atoms with Crippen LogP contribution in [0.5, 0.6) is 0 Å². The highest BCUT2D eigenvalue weighted by Crippen LogP contribution is 2.27. The zero-order valence-electron chi connectivity index (χ0n) is 16.3. The first-order chi connectivity index (χ1) is 13.8. The highest BCUT2D eigenvalue weighted by molar-refractivity contribution is 7.89. The predicted molar refractivity (Wildman–Crippen MR) is 108 cm³/mol. The molecule has 150 valence electrons. The van der Waals surface area contributed by atoms with Crippen LogP contribution in [-0.2, 0) is 17.1 Å². The Morgan fingerprint density at radius 2 is 1.86 bits per heavy atom. The van der Waals surface area contributed by atoms with Crippen LogP contribution < -0.4 is 4.72 Å². The smallest absolute Gasteiger partial charge is 0.245 e. The van der Waals surface area contributed by atoms with Crippen LogP contribution in [0.2, 0.25) is 0 Å². The summed E-state index contributed by atoms with van der Waals surface area (Å²) in [6.07, 6.45) is 1.74. The van der Waals surface area contributed by atoms with Gasteiger partial charge in [-0.05, 0) is 36.2 Å². The SMILES string of the molecule is CC(C)[C@@H](NS(=O)(=O)c1ccccc1)c1nc(-c2ccc3c(c2)ncn3C)no1. The lowest BCUT2D eigenvalue weighted by Gasteiger charge is -2.18. The van der Waals surface area contributed by atoms with Crippen LogP contribution in [0.3, 0.4) is 0 Å². The summed E-state index contributed by atoms with van der Waals surface area (Å²) in [5.41, 5.74) is 2.56. The monoisotopic (exact) mass is 411 g/mol. The number of aromatic nitrogens is 4. The fraction of sp³-hybridized carbons (Fsp3) is 0.250. The molecule has 4 rings (SSSR count). The molecular weight excluding hydrogens is 390 g/mol. The molecule has 0 radical (unpaired) electrons. The number of sulfonamides is 1. The van der Waals surface area contributed by atoms with Crippen LogP contribution in [0.4, 0.5) is 0 Å². The fourth-order valence-corrected chi connectivity index (χ4v) is 4.42. The Labute approximate surface area is 168 Å². The molecule has 4 aromatic rings. The van der Waals surface area contributed by atoms with E-state index < -0.39 is 16.1 Å². The molecule has 0 saturated heterocycles. The third-order valence-electron chi connectivity index (χ3n) is 4.69. The predicted octanol–water partition coefficient (Wildman–Crippen LogP) is 3.30. The minimum Gasteiger partial charge on any atom is -0.337 e. The quantitative estimate of drug-likeness (QED) is 0.522. The van der Waals surface area contributed by atoms with E-state index in [9.17, 15) is 8.42 Å². The van der Waals surface area contributed by atoms with E-state index >= 15 is 0 Å². The molecular formula is C20H21N5O3S. The topological polar surface area (TPSA) is 103 Å². The number of hydrogen-bond donors (Lipinski definition) is 1. The molecule has 2 heterocycles. The molecule has 2 aromatic heterocycles. The Morgan fingerprint density at radius 1 is 1.10 bits per heavy atom. The van der Waals surface area contributed by atoms with Crippen LogP contribution in [0, 0.1) is 5.92 Å². The normalized spacial score (nSPS) is 13.2. The molecule has 1 N–H and O–H groups in total. The summed E-state index contributed by atoms with van der Waals surface area (Å²) in [5, 5.41) is 4.05. The lowest BCUT2D eigenvalue weighted by Crippen LogP contribution is -2.32. The largest absolute Gasteiger partial charge is 0.337 e. The Hall–Kier alpha value is -3.04. The first-order valence-corrected chi connectivity index (χ1v) is 10.7. The van der Waals surface area contributed by atoms with Gasteiger partial charge in [-0.3, -0.25) is 0 Å². The standard InChI is InChI=1S/C20H21N5O3S/c1-13(2)18(24-29(26,27)15-7-5-4-6-8-15)20-22-19(23-28-20)14-9-10-17-16(11-14)21-12-25(17)3/h4-13,18,24H,1-3H3/t18-/m1/s1. The zero-order valence-corrected chi connectivity index (χ0v) is 17.1. The van der Waals surface area contributed by atoms with Crippen molar-refractivity contribution in [3.63, 3.8) is 0 Å². The van der Waals surface area contributed by atoms with Gasteiger partial charge in [-0.1, -0.05) is 37.2 Å². The van der Waals surface area contributed by atoms with Crippen molar-refractivity contribution in [3.8, 4) is 11.4 Å². The molecule has 2 aromatic carbocycles. The maximum atomic E-state index is 12.7. The van der Waals surface area contributed by atoms with Crippen molar-refractivity contribution < 1.29 is 12.9 Å². The second-order valence-electron chi connectivity index (χ2n) is 7.17. The Kier molecular flexibility index (Phi) is 4.93. The van der Waals surface area contributed by atoms with Crippen molar-refractivity contribution in [2.75, 3.05) is 0 Å². The molecule has 0 aliphatic rings. The molecule has 1 atom stereocenters. The lowest BCUT2D eigenvalue weighted by atomic mass is 10.1. The van der Waals surface area contributed by atoms with Gasteiger partial charge in [0.1, 0.15) is 6.04 Å². The number of nitrogens with zero attached hydrogens (tertiary/aromatic N) is 4. The van der Waals surface area contributed by atoms with E-state index in [0.29, 0.717) is 5.82 Å². The minimum absolute atomic E-state index is 0.0972. The van der Waals surface area contributed by atoms with E-state index in [-0.39, 0.29) is 16.7 Å². The highest BCUT2D eigenvalue weighted by Gasteiger charge is 2.28. The summed E-state index contributed by atoms with van der Waals surface area (Å²) in [7, 11) is -1.80. The van der Waals surface area contributed by atoms with E-state index in [2.05, 4.69) is 19.8 Å². The van der Waals surface area contributed by atoms with Crippen LogP contribution in [0.1, 0.15) is 25.8 Å². The van der Waals surface area contributed by atoms with Crippen LogP contribution in [-0.4, -0.2) is 28.1 Å². The summed E-state index contributed by atoms with van der Waals surface area (Å²) in [5.74, 6) is 0.507. The molecule has 0 aliphatic heterocycles. The Morgan fingerprint density at radius 3 is 2.59 bits per heavy atom. The van der Waals surface area contributed by atoms with E-state index in [1.165, 1.54) is 0 Å². The van der Waals surface area contributed by atoms with Gasteiger partial charge >= 0.3 is 0 Å². The summed E-state index contributed by atoms with van der Waals surface area (Å²) in [6.45, 7) is 3.78. The van der Waals surface area contributed by atoms with Gasteiger partial charge in [-0.2, -0.15) is 9.71 Å². The summed E-state index contributed by atoms with van der Waals surface area (Å²) >= 11 is 0. The molecule has 9 heteroatoms. The third kappa shape index (κ3) is 3.79. The van der Waals surface area contributed by atoms with Crippen molar-refractivity contribution in [3.05, 3.63) is 60.7 Å². The molecule has 0 unspecified atom stereocenters. The van der Waals surface area contributed by atoms with E-state index in [1.807, 2.05) is 43.7 Å². The fourth-order valence-electron chi connectivity index (χ4n) is 3.06. The maximum absolute atomic E-state index is 12.7. The minimum atomic E-state index is -3.72. The van der Waals surface area contributed by atoms with Gasteiger partial charge in [-0.15, -0.1) is 0 Å². The van der Waals surface area contributed by atoms with Crippen molar-refractivity contribution in [1.29, 1.82) is 0 Å². The number of aryl methyl sites for hydroxylation is 1. The van der Waals surface area contributed by atoms with Gasteiger partial charge in [0.2, 0.25) is 21.7 Å². The van der Waals surface area contributed by atoms with E-state index in [1.54, 1.807) is 36.7 Å². The van der Waals surface area contributed by atoms with Crippen molar-refractivity contribution in [2.24, 2.45) is 13.0 Å². The molecule has 0 amide bonds. The van der Waals surface area contributed by atoms with E-state index in [0.717, 1.165) is 16.6 Å². The maximum Gasteiger partial charge on any atom is 0.245 e. The summed E-state index contributed by atoms with van der Waals surface area (Å²) in [6, 6.07) is 13.3. The number of fused-ring (bicyclic) bond motifs is 1. The number of hydrogen-bond acceptors (Lipinski definition) is 6. The first-order valence-electron chi connectivity index (χ1n) is 9.17. The van der Waals surface area contributed by atoms with Crippen LogP contribution >= 0.6 is 0 Å². The van der Waals surface area contributed by atoms with Crippen molar-refractivity contribution in [2.45, 2.75) is 24.8 Å². The van der Waals surface area contributed by atoms with E-state index in [4.69, 9.17) is 4.52 Å². The summed E-state index contributed by atoms with van der Waals surface area (Å²) in [4.78, 5) is 8.98. The van der Waals surface area contributed by atoms with Gasteiger partial charge in [-0.25, -0.2) is 13.4 Å². The van der Waals surface area contributed by atoms with Crippen LogP contribution in [0.15, 0.2) is 64.3 Å². The summed E-state index contributed by atoms with van der Waals surface area (Å²) < 4.78 is 35.5. The number of nitrogens with one attached hydrogen (secondary N) is 1. The Bertz CT molecular complexity index is 1250. The molecule has 0 aliphatic carbocycles. The second-order valence-corrected chi connectivity index (χ2v) is 8.89. The third-order valence-corrected chi connectivity index (χ3v) is 6.15. The molecule has 0 saturated carbocycles. The van der Waals surface area contributed by atoms with Gasteiger partial charge in [0.15, 0.2) is 0 Å². The van der Waals surface area contributed by atoms with Gasteiger partial charge in [0, 0.05) is 12.6 Å². The number of benzene rings is 2. The van der Waals surface area contributed by atoms with Gasteiger partial charge in [0.25, 0.3) is 0 Å². The van der Waals surface area contributed by atoms with Gasteiger partial charge < -0.3 is 9.09 Å².